The number of hydrogen-bond donors (Lipinski definition) is 1. The quantitative estimate of drug-likeness (QED) is 0.886. The van der Waals surface area contributed by atoms with Crippen LogP contribution >= 0.6 is 11.3 Å². The molecule has 92 valence electrons. The lowest BCUT2D eigenvalue weighted by molar-refractivity contribution is 0.541. The summed E-state index contributed by atoms with van der Waals surface area (Å²) >= 11 is 1.69. The molecule has 1 atom stereocenters. The lowest BCUT2D eigenvalue weighted by Crippen LogP contribution is -2.11. The standard InChI is InChI=1S/C13H18N2OS/c1-9(7-14)3-6-13-15-11(8-17-13)12-5-4-10(2)16-12/h4-5,8-9H,3,6-7,14H2,1-2H3. The van der Waals surface area contributed by atoms with Crippen LogP contribution in [0.5, 0.6) is 0 Å². The molecule has 0 aliphatic carbocycles. The van der Waals surface area contributed by atoms with Crippen molar-refractivity contribution in [3.63, 3.8) is 0 Å². The van der Waals surface area contributed by atoms with Crippen molar-refractivity contribution in [1.29, 1.82) is 0 Å². The molecular formula is C13H18N2OS. The van der Waals surface area contributed by atoms with Gasteiger partial charge in [-0.25, -0.2) is 4.98 Å². The Labute approximate surface area is 106 Å². The van der Waals surface area contributed by atoms with Crippen molar-refractivity contribution in [1.82, 2.24) is 4.98 Å². The van der Waals surface area contributed by atoms with Crippen molar-refractivity contribution < 1.29 is 4.42 Å². The van der Waals surface area contributed by atoms with E-state index in [2.05, 4.69) is 17.3 Å². The van der Waals surface area contributed by atoms with Crippen LogP contribution in [0.4, 0.5) is 0 Å². The highest BCUT2D eigenvalue weighted by atomic mass is 32.1. The van der Waals surface area contributed by atoms with Crippen LogP contribution in [0.3, 0.4) is 0 Å². The van der Waals surface area contributed by atoms with Crippen LogP contribution in [-0.2, 0) is 6.42 Å². The number of aryl methyl sites for hydroxylation is 2. The summed E-state index contributed by atoms with van der Waals surface area (Å²) in [5.74, 6) is 2.34. The van der Waals surface area contributed by atoms with Crippen molar-refractivity contribution in [2.24, 2.45) is 11.7 Å². The first-order valence-corrected chi connectivity index (χ1v) is 6.78. The van der Waals surface area contributed by atoms with E-state index in [9.17, 15) is 0 Å². The van der Waals surface area contributed by atoms with Gasteiger partial charge in [0.1, 0.15) is 11.5 Å². The van der Waals surface area contributed by atoms with Gasteiger partial charge in [0.25, 0.3) is 0 Å². The summed E-state index contributed by atoms with van der Waals surface area (Å²) in [7, 11) is 0. The minimum Gasteiger partial charge on any atom is -0.460 e. The maximum Gasteiger partial charge on any atom is 0.153 e. The van der Waals surface area contributed by atoms with E-state index >= 15 is 0 Å². The Hall–Kier alpha value is -1.13. The number of rotatable bonds is 5. The predicted octanol–water partition coefficient (Wildman–Crippen LogP) is 3.24. The van der Waals surface area contributed by atoms with Gasteiger partial charge < -0.3 is 10.2 Å². The van der Waals surface area contributed by atoms with Crippen LogP contribution < -0.4 is 5.73 Å². The summed E-state index contributed by atoms with van der Waals surface area (Å²) in [5.41, 5.74) is 6.55. The van der Waals surface area contributed by atoms with Crippen LogP contribution in [0, 0.1) is 12.8 Å². The van der Waals surface area contributed by atoms with Crippen molar-refractivity contribution in [2.75, 3.05) is 6.54 Å². The van der Waals surface area contributed by atoms with E-state index < -0.39 is 0 Å². The van der Waals surface area contributed by atoms with Crippen molar-refractivity contribution in [3.8, 4) is 11.5 Å². The third-order valence-corrected chi connectivity index (χ3v) is 3.71. The first kappa shape index (κ1) is 12.3. The second-order valence-electron chi connectivity index (χ2n) is 4.42. The first-order chi connectivity index (χ1) is 8.19. The van der Waals surface area contributed by atoms with Crippen LogP contribution in [0.15, 0.2) is 21.9 Å². The predicted molar refractivity (Wildman–Crippen MR) is 71.1 cm³/mol. The smallest absolute Gasteiger partial charge is 0.153 e. The highest BCUT2D eigenvalue weighted by Gasteiger charge is 2.08. The molecule has 0 aromatic carbocycles. The highest BCUT2D eigenvalue weighted by molar-refractivity contribution is 7.09. The molecule has 0 fully saturated rings. The van der Waals surface area contributed by atoms with Crippen LogP contribution in [0.2, 0.25) is 0 Å². The molecule has 3 nitrogen and oxygen atoms in total. The summed E-state index contributed by atoms with van der Waals surface area (Å²) in [5, 5.41) is 3.22. The van der Waals surface area contributed by atoms with Gasteiger partial charge in [-0.05, 0) is 44.4 Å². The molecule has 2 aromatic rings. The minimum absolute atomic E-state index is 0.563. The van der Waals surface area contributed by atoms with Gasteiger partial charge in [0.2, 0.25) is 0 Å². The Balaban J connectivity index is 2.01. The number of nitrogens with zero attached hydrogens (tertiary/aromatic N) is 1. The number of thiazole rings is 1. The van der Waals surface area contributed by atoms with E-state index in [-0.39, 0.29) is 0 Å². The van der Waals surface area contributed by atoms with E-state index in [1.54, 1.807) is 11.3 Å². The van der Waals surface area contributed by atoms with E-state index in [4.69, 9.17) is 10.2 Å². The Morgan fingerprint density at radius 3 is 2.94 bits per heavy atom. The van der Waals surface area contributed by atoms with Crippen LogP contribution in [0.1, 0.15) is 24.1 Å². The zero-order valence-corrected chi connectivity index (χ0v) is 11.1. The maximum atomic E-state index is 5.60. The molecule has 2 N–H and O–H groups in total. The summed E-state index contributed by atoms with van der Waals surface area (Å²) in [6, 6.07) is 3.93. The van der Waals surface area contributed by atoms with E-state index in [1.807, 2.05) is 19.1 Å². The fraction of sp³-hybridized carbons (Fsp3) is 0.462. The fourth-order valence-corrected chi connectivity index (χ4v) is 2.40. The topological polar surface area (TPSA) is 52.0 Å². The zero-order valence-electron chi connectivity index (χ0n) is 10.3. The molecule has 0 saturated heterocycles. The van der Waals surface area contributed by atoms with Gasteiger partial charge in [-0.3, -0.25) is 0 Å². The van der Waals surface area contributed by atoms with Gasteiger partial charge in [0.15, 0.2) is 5.76 Å². The van der Waals surface area contributed by atoms with Crippen LogP contribution in [0.25, 0.3) is 11.5 Å². The number of furan rings is 1. The molecule has 4 heteroatoms. The van der Waals surface area contributed by atoms with Gasteiger partial charge in [-0.15, -0.1) is 11.3 Å². The normalized spacial score (nSPS) is 12.9. The lowest BCUT2D eigenvalue weighted by atomic mass is 10.1. The van der Waals surface area contributed by atoms with E-state index in [0.717, 1.165) is 41.6 Å². The van der Waals surface area contributed by atoms with Gasteiger partial charge >= 0.3 is 0 Å². The summed E-state index contributed by atoms with van der Waals surface area (Å²) in [6.45, 7) is 4.86. The Bertz CT molecular complexity index is 475. The molecule has 0 amide bonds. The number of nitrogens with two attached hydrogens (primary N) is 1. The van der Waals surface area contributed by atoms with Gasteiger partial charge in [-0.1, -0.05) is 6.92 Å². The Morgan fingerprint density at radius 2 is 2.29 bits per heavy atom. The third kappa shape index (κ3) is 3.17. The lowest BCUT2D eigenvalue weighted by Gasteiger charge is -2.04. The molecule has 0 bridgehead atoms. The molecule has 0 spiro atoms. The molecule has 0 radical (unpaired) electrons. The van der Waals surface area contributed by atoms with Gasteiger partial charge in [-0.2, -0.15) is 0 Å². The molecular weight excluding hydrogens is 232 g/mol. The minimum atomic E-state index is 0.563. The van der Waals surface area contributed by atoms with Gasteiger partial charge in [0, 0.05) is 5.38 Å². The molecule has 1 unspecified atom stereocenters. The van der Waals surface area contributed by atoms with Crippen LogP contribution in [-0.4, -0.2) is 11.5 Å². The highest BCUT2D eigenvalue weighted by Crippen LogP contribution is 2.24. The zero-order chi connectivity index (χ0) is 12.3. The van der Waals surface area contributed by atoms with E-state index in [0.29, 0.717) is 5.92 Å². The molecule has 17 heavy (non-hydrogen) atoms. The Morgan fingerprint density at radius 1 is 1.47 bits per heavy atom. The summed E-state index contributed by atoms with van der Waals surface area (Å²) in [6.07, 6.45) is 2.10. The first-order valence-electron chi connectivity index (χ1n) is 5.90. The molecule has 2 heterocycles. The van der Waals surface area contributed by atoms with Crippen molar-refractivity contribution in [3.05, 3.63) is 28.3 Å². The second kappa shape index (κ2) is 5.47. The van der Waals surface area contributed by atoms with Gasteiger partial charge in [0.05, 0.1) is 5.01 Å². The van der Waals surface area contributed by atoms with E-state index in [1.165, 1.54) is 0 Å². The largest absolute Gasteiger partial charge is 0.460 e. The summed E-state index contributed by atoms with van der Waals surface area (Å²) < 4.78 is 5.55. The molecule has 2 rings (SSSR count). The molecule has 0 aliphatic rings. The SMILES string of the molecule is Cc1ccc(-c2csc(CCC(C)CN)n2)o1. The average Bonchev–Trinajstić information content (AvgIpc) is 2.94. The second-order valence-corrected chi connectivity index (χ2v) is 5.36. The number of aromatic nitrogens is 1. The fourth-order valence-electron chi connectivity index (χ4n) is 1.60. The monoisotopic (exact) mass is 250 g/mol. The van der Waals surface area contributed by atoms with Crippen molar-refractivity contribution in [2.45, 2.75) is 26.7 Å². The molecule has 2 aromatic heterocycles. The third-order valence-electron chi connectivity index (χ3n) is 2.80. The number of hydrogen-bond acceptors (Lipinski definition) is 4. The average molecular weight is 250 g/mol. The maximum absolute atomic E-state index is 5.60. The molecule has 0 saturated carbocycles. The molecule has 0 aliphatic heterocycles. The van der Waals surface area contributed by atoms with Crippen molar-refractivity contribution >= 4 is 11.3 Å². The summed E-state index contributed by atoms with van der Waals surface area (Å²) in [4.78, 5) is 4.58. The Kier molecular flexibility index (Phi) is 3.97.